The Hall–Kier alpha value is -1.71. The molecule has 1 rings (SSSR count). The number of ether oxygens (including phenoxy) is 2. The number of rotatable bonds is 5. The summed E-state index contributed by atoms with van der Waals surface area (Å²) in [6.07, 6.45) is 0.0854. The first-order valence-electron chi connectivity index (χ1n) is 5.44. The lowest BCUT2D eigenvalue weighted by Crippen LogP contribution is -2.06. The van der Waals surface area contributed by atoms with Gasteiger partial charge in [0.1, 0.15) is 11.5 Å². The molecule has 1 aromatic rings. The van der Waals surface area contributed by atoms with Gasteiger partial charge in [-0.05, 0) is 24.5 Å². The number of carbonyl (C=O) groups is 1. The lowest BCUT2D eigenvalue weighted by Gasteiger charge is -2.18. The second kappa shape index (κ2) is 5.57. The van der Waals surface area contributed by atoms with E-state index >= 15 is 0 Å². The average molecular weight is 238 g/mol. The van der Waals surface area contributed by atoms with Crippen molar-refractivity contribution in [3.63, 3.8) is 0 Å². The molecule has 0 aliphatic carbocycles. The van der Waals surface area contributed by atoms with Crippen molar-refractivity contribution in [2.45, 2.75) is 26.2 Å². The summed E-state index contributed by atoms with van der Waals surface area (Å²) < 4.78 is 10.6. The summed E-state index contributed by atoms with van der Waals surface area (Å²) >= 11 is 0. The zero-order valence-corrected chi connectivity index (χ0v) is 10.6. The predicted octanol–water partition coefficient (Wildman–Crippen LogP) is 2.59. The van der Waals surface area contributed by atoms with Crippen LogP contribution in [0.25, 0.3) is 0 Å². The number of carboxylic acids is 1. The maximum Gasteiger partial charge on any atom is 0.303 e. The summed E-state index contributed by atoms with van der Waals surface area (Å²) in [6.45, 7) is 3.77. The van der Waals surface area contributed by atoms with E-state index in [0.717, 1.165) is 16.9 Å². The molecule has 0 aliphatic heterocycles. The van der Waals surface area contributed by atoms with E-state index < -0.39 is 5.97 Å². The Balaban J connectivity index is 3.16. The van der Waals surface area contributed by atoms with Gasteiger partial charge >= 0.3 is 5.97 Å². The number of hydrogen-bond acceptors (Lipinski definition) is 3. The summed E-state index contributed by atoms with van der Waals surface area (Å²) in [5.74, 6) is 0.548. The molecule has 1 unspecified atom stereocenters. The van der Waals surface area contributed by atoms with E-state index in [1.54, 1.807) is 14.2 Å². The molecule has 4 nitrogen and oxygen atoms in total. The summed E-state index contributed by atoms with van der Waals surface area (Å²) in [5, 5.41) is 8.81. The van der Waals surface area contributed by atoms with Crippen molar-refractivity contribution in [2.75, 3.05) is 14.2 Å². The van der Waals surface area contributed by atoms with Crippen LogP contribution in [0.4, 0.5) is 0 Å². The Morgan fingerprint density at radius 2 is 2.00 bits per heavy atom. The first-order chi connectivity index (χ1) is 8.01. The van der Waals surface area contributed by atoms with Crippen LogP contribution in [0.1, 0.15) is 30.4 Å². The second-order valence-electron chi connectivity index (χ2n) is 4.01. The highest BCUT2D eigenvalue weighted by Crippen LogP contribution is 2.36. The Bertz CT molecular complexity index is 412. The van der Waals surface area contributed by atoms with Crippen molar-refractivity contribution in [3.8, 4) is 11.5 Å². The molecule has 1 atom stereocenters. The van der Waals surface area contributed by atoms with Crippen LogP contribution in [0.5, 0.6) is 11.5 Å². The molecule has 1 aromatic carbocycles. The minimum Gasteiger partial charge on any atom is -0.496 e. The van der Waals surface area contributed by atoms with Crippen molar-refractivity contribution in [1.82, 2.24) is 0 Å². The van der Waals surface area contributed by atoms with Crippen LogP contribution < -0.4 is 9.47 Å². The van der Waals surface area contributed by atoms with Gasteiger partial charge in [0.25, 0.3) is 0 Å². The Labute approximate surface area is 101 Å². The topological polar surface area (TPSA) is 55.8 Å². The zero-order valence-electron chi connectivity index (χ0n) is 10.6. The van der Waals surface area contributed by atoms with Gasteiger partial charge in [0, 0.05) is 5.56 Å². The number of methoxy groups -OCH3 is 2. The van der Waals surface area contributed by atoms with Crippen molar-refractivity contribution < 1.29 is 19.4 Å². The van der Waals surface area contributed by atoms with Gasteiger partial charge in [-0.3, -0.25) is 4.79 Å². The van der Waals surface area contributed by atoms with Gasteiger partial charge in [0.15, 0.2) is 0 Å². The molecule has 0 aromatic heterocycles. The molecule has 0 fully saturated rings. The Morgan fingerprint density at radius 3 is 2.47 bits per heavy atom. The molecule has 0 saturated carbocycles. The van der Waals surface area contributed by atoms with Gasteiger partial charge in [-0.1, -0.05) is 13.0 Å². The van der Waals surface area contributed by atoms with Crippen molar-refractivity contribution in [1.29, 1.82) is 0 Å². The first kappa shape index (κ1) is 13.4. The predicted molar refractivity (Wildman–Crippen MR) is 65.0 cm³/mol. The van der Waals surface area contributed by atoms with E-state index in [4.69, 9.17) is 14.6 Å². The third kappa shape index (κ3) is 2.90. The maximum atomic E-state index is 10.7. The molecule has 1 N–H and O–H groups in total. The molecule has 0 amide bonds. The number of aliphatic carboxylic acids is 1. The normalized spacial score (nSPS) is 12.0. The fourth-order valence-electron chi connectivity index (χ4n) is 1.95. The minimum absolute atomic E-state index is 0.0854. The van der Waals surface area contributed by atoms with Crippen molar-refractivity contribution in [2.24, 2.45) is 0 Å². The van der Waals surface area contributed by atoms with Gasteiger partial charge in [-0.25, -0.2) is 0 Å². The lowest BCUT2D eigenvalue weighted by atomic mass is 9.94. The molecule has 0 spiro atoms. The van der Waals surface area contributed by atoms with Gasteiger partial charge < -0.3 is 14.6 Å². The SMILES string of the molecule is COc1ccc(C(C)CC(=O)O)c(OC)c1C. The third-order valence-electron chi connectivity index (χ3n) is 2.82. The molecule has 4 heteroatoms. The summed E-state index contributed by atoms with van der Waals surface area (Å²) in [5.41, 5.74) is 1.79. The standard InChI is InChI=1S/C13H18O4/c1-8(7-12(14)15)10-5-6-11(16-3)9(2)13(10)17-4/h5-6,8H,7H2,1-4H3,(H,14,15). The van der Waals surface area contributed by atoms with E-state index in [1.807, 2.05) is 26.0 Å². The van der Waals surface area contributed by atoms with Crippen molar-refractivity contribution in [3.05, 3.63) is 23.3 Å². The van der Waals surface area contributed by atoms with Crippen LogP contribution in [0, 0.1) is 6.92 Å². The fraction of sp³-hybridized carbons (Fsp3) is 0.462. The highest BCUT2D eigenvalue weighted by molar-refractivity contribution is 5.68. The van der Waals surface area contributed by atoms with E-state index in [-0.39, 0.29) is 12.3 Å². The number of carboxylic acid groups (broad SMARTS) is 1. The Morgan fingerprint density at radius 1 is 1.35 bits per heavy atom. The largest absolute Gasteiger partial charge is 0.496 e. The third-order valence-corrected chi connectivity index (χ3v) is 2.82. The van der Waals surface area contributed by atoms with Crippen LogP contribution in [0.2, 0.25) is 0 Å². The van der Waals surface area contributed by atoms with E-state index in [0.29, 0.717) is 5.75 Å². The average Bonchev–Trinajstić information content (AvgIpc) is 2.27. The van der Waals surface area contributed by atoms with Crippen LogP contribution in [-0.4, -0.2) is 25.3 Å². The molecule has 0 aliphatic rings. The van der Waals surface area contributed by atoms with Gasteiger partial charge in [-0.2, -0.15) is 0 Å². The summed E-state index contributed by atoms with van der Waals surface area (Å²) in [6, 6.07) is 3.70. The molecule has 17 heavy (non-hydrogen) atoms. The highest BCUT2D eigenvalue weighted by atomic mass is 16.5. The summed E-state index contributed by atoms with van der Waals surface area (Å²) in [7, 11) is 3.18. The minimum atomic E-state index is -0.812. The van der Waals surface area contributed by atoms with Gasteiger partial charge in [0.05, 0.1) is 20.6 Å². The molecule has 0 heterocycles. The van der Waals surface area contributed by atoms with Gasteiger partial charge in [0.2, 0.25) is 0 Å². The molecule has 0 radical (unpaired) electrons. The molecule has 0 bridgehead atoms. The zero-order chi connectivity index (χ0) is 13.0. The maximum absolute atomic E-state index is 10.7. The summed E-state index contributed by atoms with van der Waals surface area (Å²) in [4.78, 5) is 10.7. The lowest BCUT2D eigenvalue weighted by molar-refractivity contribution is -0.137. The number of hydrogen-bond donors (Lipinski definition) is 1. The Kier molecular flexibility index (Phi) is 4.37. The second-order valence-corrected chi connectivity index (χ2v) is 4.01. The van der Waals surface area contributed by atoms with E-state index in [2.05, 4.69) is 0 Å². The number of benzene rings is 1. The molecule has 94 valence electrons. The molecular weight excluding hydrogens is 220 g/mol. The fourth-order valence-corrected chi connectivity index (χ4v) is 1.95. The quantitative estimate of drug-likeness (QED) is 0.856. The van der Waals surface area contributed by atoms with Crippen LogP contribution >= 0.6 is 0 Å². The smallest absolute Gasteiger partial charge is 0.303 e. The van der Waals surface area contributed by atoms with Crippen LogP contribution in [0.3, 0.4) is 0 Å². The van der Waals surface area contributed by atoms with E-state index in [1.165, 1.54) is 0 Å². The van der Waals surface area contributed by atoms with E-state index in [9.17, 15) is 4.79 Å². The molecule has 0 saturated heterocycles. The highest BCUT2D eigenvalue weighted by Gasteiger charge is 2.18. The van der Waals surface area contributed by atoms with Crippen molar-refractivity contribution >= 4 is 5.97 Å². The monoisotopic (exact) mass is 238 g/mol. The molecular formula is C13H18O4. The van der Waals surface area contributed by atoms with Crippen LogP contribution in [0.15, 0.2) is 12.1 Å². The van der Waals surface area contributed by atoms with Gasteiger partial charge in [-0.15, -0.1) is 0 Å². The van der Waals surface area contributed by atoms with Crippen LogP contribution in [-0.2, 0) is 4.79 Å². The first-order valence-corrected chi connectivity index (χ1v) is 5.44.